The molecule has 1 unspecified atom stereocenters. The molecule has 2 fully saturated rings. The second-order valence-electron chi connectivity index (χ2n) is 11.0. The number of rotatable bonds is 6. The maximum Gasteiger partial charge on any atom is 0.318 e. The van der Waals surface area contributed by atoms with Crippen LogP contribution in [0.4, 0.5) is 5.82 Å². The van der Waals surface area contributed by atoms with Crippen molar-refractivity contribution in [1.29, 1.82) is 0 Å². The highest BCUT2D eigenvalue weighted by atomic mass is 16.5. The Morgan fingerprint density at radius 1 is 1.16 bits per heavy atom. The summed E-state index contributed by atoms with van der Waals surface area (Å²) in [6.07, 6.45) is 6.06. The van der Waals surface area contributed by atoms with Crippen LogP contribution >= 0.6 is 0 Å². The minimum absolute atomic E-state index is 0.00385. The maximum atomic E-state index is 12.3. The van der Waals surface area contributed by atoms with E-state index >= 15 is 0 Å². The number of likely N-dealkylation sites (N-methyl/N-ethyl adjacent to an activating group) is 1. The van der Waals surface area contributed by atoms with Crippen molar-refractivity contribution in [3.8, 4) is 6.01 Å². The van der Waals surface area contributed by atoms with Crippen LogP contribution < -0.4 is 9.64 Å². The van der Waals surface area contributed by atoms with Gasteiger partial charge in [-0.05, 0) is 63.4 Å². The van der Waals surface area contributed by atoms with E-state index in [9.17, 15) is 4.79 Å². The molecule has 4 aliphatic rings. The topological polar surface area (TPSA) is 65.0 Å². The minimum atomic E-state index is -0.00385. The van der Waals surface area contributed by atoms with Crippen LogP contribution in [-0.4, -0.2) is 82.5 Å². The first-order valence-corrected chi connectivity index (χ1v) is 13.7. The van der Waals surface area contributed by atoms with Crippen molar-refractivity contribution >= 4 is 11.7 Å². The third-order valence-electron chi connectivity index (χ3n) is 8.77. The zero-order valence-electron chi connectivity index (χ0n) is 22.1. The Bertz CT molecular complexity index is 1180. The van der Waals surface area contributed by atoms with Gasteiger partial charge in [-0.3, -0.25) is 9.69 Å². The third kappa shape index (κ3) is 4.61. The van der Waals surface area contributed by atoms with Gasteiger partial charge in [0.25, 0.3) is 0 Å². The Kier molecular flexibility index (Phi) is 6.63. The van der Waals surface area contributed by atoms with Gasteiger partial charge in [-0.1, -0.05) is 30.8 Å². The minimum Gasteiger partial charge on any atom is -0.462 e. The van der Waals surface area contributed by atoms with E-state index in [4.69, 9.17) is 14.7 Å². The molecule has 2 saturated heterocycles. The first-order chi connectivity index (χ1) is 18.0. The number of carbonyl (C=O) groups is 1. The molecule has 8 nitrogen and oxygen atoms in total. The van der Waals surface area contributed by atoms with Gasteiger partial charge < -0.3 is 19.4 Å². The summed E-state index contributed by atoms with van der Waals surface area (Å²) in [5.41, 5.74) is 5.22. The number of hydrogen-bond donors (Lipinski definition) is 0. The summed E-state index contributed by atoms with van der Waals surface area (Å²) in [5, 5.41) is 0. The molecule has 0 spiro atoms. The van der Waals surface area contributed by atoms with Crippen LogP contribution in [0, 0.1) is 0 Å². The summed E-state index contributed by atoms with van der Waals surface area (Å²) in [4.78, 5) is 31.4. The van der Waals surface area contributed by atoms with Crippen LogP contribution in [0.15, 0.2) is 36.9 Å². The van der Waals surface area contributed by atoms with Crippen molar-refractivity contribution < 1.29 is 9.53 Å². The van der Waals surface area contributed by atoms with Crippen molar-refractivity contribution in [3.05, 3.63) is 59.3 Å². The Balaban J connectivity index is 1.27. The van der Waals surface area contributed by atoms with Crippen LogP contribution in [0.5, 0.6) is 6.01 Å². The average Bonchev–Trinajstić information content (AvgIpc) is 3.64. The number of likely N-dealkylation sites (tertiary alicyclic amines) is 1. The molecule has 0 radical (unpaired) electrons. The van der Waals surface area contributed by atoms with Gasteiger partial charge in [0.05, 0.1) is 5.69 Å². The first-order valence-electron chi connectivity index (χ1n) is 13.7. The van der Waals surface area contributed by atoms with Crippen molar-refractivity contribution in [3.63, 3.8) is 0 Å². The molecule has 4 heterocycles. The summed E-state index contributed by atoms with van der Waals surface area (Å²) < 4.78 is 6.25. The largest absolute Gasteiger partial charge is 0.462 e. The fourth-order valence-corrected chi connectivity index (χ4v) is 6.65. The summed E-state index contributed by atoms with van der Waals surface area (Å²) in [7, 11) is 2.17. The number of amides is 1. The Hall–Kier alpha value is -2.97. The maximum absolute atomic E-state index is 12.3. The van der Waals surface area contributed by atoms with Crippen molar-refractivity contribution in [1.82, 2.24) is 24.7 Å². The lowest BCUT2D eigenvalue weighted by Gasteiger charge is -2.40. The molecule has 0 saturated carbocycles. The molecule has 1 aliphatic carbocycles. The predicted molar refractivity (Wildman–Crippen MR) is 144 cm³/mol. The molecule has 8 heteroatoms. The van der Waals surface area contributed by atoms with Crippen LogP contribution in [0.3, 0.4) is 0 Å². The fourth-order valence-electron chi connectivity index (χ4n) is 6.65. The van der Waals surface area contributed by atoms with Crippen LogP contribution in [-0.2, 0) is 24.3 Å². The number of aromatic nitrogens is 2. The molecule has 3 atom stereocenters. The third-order valence-corrected chi connectivity index (χ3v) is 8.77. The van der Waals surface area contributed by atoms with E-state index in [0.29, 0.717) is 31.2 Å². The second kappa shape index (κ2) is 10.1. The molecule has 0 bridgehead atoms. The van der Waals surface area contributed by atoms with E-state index in [0.717, 1.165) is 63.5 Å². The molecule has 6 rings (SSSR count). The first kappa shape index (κ1) is 24.4. The van der Waals surface area contributed by atoms with E-state index in [2.05, 4.69) is 59.5 Å². The number of fused-ring (bicyclic) bond motifs is 2. The Morgan fingerprint density at radius 3 is 2.81 bits per heavy atom. The second-order valence-corrected chi connectivity index (χ2v) is 11.0. The number of anilines is 1. The highest BCUT2D eigenvalue weighted by Crippen LogP contribution is 2.42. The van der Waals surface area contributed by atoms with E-state index in [1.807, 2.05) is 4.90 Å². The normalized spacial score (nSPS) is 25.8. The van der Waals surface area contributed by atoms with Gasteiger partial charge in [0.2, 0.25) is 5.91 Å². The van der Waals surface area contributed by atoms with Gasteiger partial charge in [-0.2, -0.15) is 9.97 Å². The number of piperazine rings is 1. The quantitative estimate of drug-likeness (QED) is 0.562. The highest BCUT2D eigenvalue weighted by Gasteiger charge is 2.37. The molecule has 37 heavy (non-hydrogen) atoms. The predicted octanol–water partition coefficient (Wildman–Crippen LogP) is 3.18. The van der Waals surface area contributed by atoms with E-state index < -0.39 is 0 Å². The van der Waals surface area contributed by atoms with Gasteiger partial charge in [-0.25, -0.2) is 0 Å². The summed E-state index contributed by atoms with van der Waals surface area (Å²) in [6, 6.07) is 10.3. The number of ether oxygens (including phenoxy) is 1. The van der Waals surface area contributed by atoms with Gasteiger partial charge in [0.15, 0.2) is 0 Å². The summed E-state index contributed by atoms with van der Waals surface area (Å²) in [6.45, 7) is 11.3. The molecule has 1 aromatic carbocycles. The van der Waals surface area contributed by atoms with Crippen LogP contribution in [0.25, 0.3) is 0 Å². The molecular formula is C29H38N6O2. The van der Waals surface area contributed by atoms with Gasteiger partial charge in [0.1, 0.15) is 12.4 Å². The average molecular weight is 503 g/mol. The van der Waals surface area contributed by atoms with E-state index in [-0.39, 0.29) is 11.9 Å². The zero-order chi connectivity index (χ0) is 25.5. The fraction of sp³-hybridized carbons (Fsp3) is 0.552. The molecule has 3 aliphatic heterocycles. The van der Waals surface area contributed by atoms with Gasteiger partial charge in [-0.15, -0.1) is 0 Å². The van der Waals surface area contributed by atoms with E-state index in [1.54, 1.807) is 0 Å². The number of aryl methyl sites for hydroxylation is 1. The molecule has 0 N–H and O–H groups in total. The lowest BCUT2D eigenvalue weighted by molar-refractivity contribution is -0.128. The van der Waals surface area contributed by atoms with E-state index in [1.165, 1.54) is 29.2 Å². The molecular weight excluding hydrogens is 464 g/mol. The van der Waals surface area contributed by atoms with Crippen molar-refractivity contribution in [2.75, 3.05) is 44.7 Å². The number of carbonyl (C=O) groups excluding carboxylic acids is 1. The van der Waals surface area contributed by atoms with Gasteiger partial charge in [0, 0.05) is 56.4 Å². The number of nitrogens with zero attached hydrogens (tertiary/aromatic N) is 6. The van der Waals surface area contributed by atoms with Crippen molar-refractivity contribution in [2.24, 2.45) is 0 Å². The zero-order valence-corrected chi connectivity index (χ0v) is 22.1. The molecule has 196 valence electrons. The summed E-state index contributed by atoms with van der Waals surface area (Å²) >= 11 is 0. The summed E-state index contributed by atoms with van der Waals surface area (Å²) in [5.74, 6) is 0.974. The molecule has 1 aromatic heterocycles. The Labute approximate surface area is 219 Å². The Morgan fingerprint density at radius 2 is 2.03 bits per heavy atom. The lowest BCUT2D eigenvalue weighted by Crippen LogP contribution is -2.54. The molecule has 1 amide bonds. The lowest BCUT2D eigenvalue weighted by atomic mass is 10.1. The van der Waals surface area contributed by atoms with Gasteiger partial charge >= 0.3 is 6.01 Å². The van der Waals surface area contributed by atoms with Crippen LogP contribution in [0.2, 0.25) is 0 Å². The van der Waals surface area contributed by atoms with Crippen molar-refractivity contribution in [2.45, 2.75) is 63.8 Å². The monoisotopic (exact) mass is 502 g/mol. The number of hydrogen-bond acceptors (Lipinski definition) is 7. The SMILES string of the molecule is C=CC(=O)N1CCN(c2nc(OC[C@@H]3CCCN3C)nc3c2CN(C2CCc4ccccc42)C3)C[C@@H]1C. The van der Waals surface area contributed by atoms with Crippen LogP contribution in [0.1, 0.15) is 54.6 Å². The standard InChI is InChI=1S/C29H38N6O2/c1-4-27(36)35-15-14-33(16-20(35)2)28-24-17-34(26-12-11-21-8-5-6-10-23(21)26)18-25(24)30-29(31-28)37-19-22-9-7-13-32(22)3/h4-6,8,10,20,22,26H,1,7,9,11-19H2,2-3H3/t20-,22-,26?/m0/s1. The smallest absolute Gasteiger partial charge is 0.318 e. The highest BCUT2D eigenvalue weighted by molar-refractivity contribution is 5.87. The molecule has 2 aromatic rings. The number of benzene rings is 1.